The number of pyridine rings is 1. The van der Waals surface area contributed by atoms with E-state index in [-0.39, 0.29) is 12.7 Å². The van der Waals surface area contributed by atoms with Gasteiger partial charge in [0.05, 0.1) is 65.4 Å². The predicted molar refractivity (Wildman–Crippen MR) is 141 cm³/mol. The van der Waals surface area contributed by atoms with Crippen LogP contribution in [0.25, 0.3) is 34.3 Å². The molecule has 37 heavy (non-hydrogen) atoms. The van der Waals surface area contributed by atoms with Crippen molar-refractivity contribution in [1.29, 1.82) is 0 Å². The molecule has 11 heteroatoms. The minimum atomic E-state index is -0.119. The number of aromatic nitrogens is 7. The SMILES string of the molecule is CCOc1nn(CCO)c2c1/C=C/c1n[nH]c3cnc(cc13)-c1c(C)nn(C)c1O[C@H](C)CN(CC)C2. The molecule has 0 spiro atoms. The predicted octanol–water partition coefficient (Wildman–Crippen LogP) is 3.03. The number of aliphatic hydroxyl groups excluding tert-OH is 1. The van der Waals surface area contributed by atoms with Crippen LogP contribution in [0.3, 0.4) is 0 Å². The van der Waals surface area contributed by atoms with Crippen LogP contribution in [0.5, 0.6) is 11.8 Å². The molecular formula is C26H34N8O3. The first-order valence-electron chi connectivity index (χ1n) is 12.7. The molecular weight excluding hydrogens is 472 g/mol. The van der Waals surface area contributed by atoms with Crippen LogP contribution in [0.2, 0.25) is 0 Å². The van der Waals surface area contributed by atoms with Crippen molar-refractivity contribution in [3.63, 3.8) is 0 Å². The molecule has 196 valence electrons. The molecule has 4 aromatic heterocycles. The lowest BCUT2D eigenvalue weighted by Crippen LogP contribution is -2.34. The Morgan fingerprint density at radius 3 is 2.84 bits per heavy atom. The van der Waals surface area contributed by atoms with E-state index < -0.39 is 0 Å². The number of likely N-dealkylation sites (N-methyl/N-ethyl adjacent to an activating group) is 1. The molecule has 2 N–H and O–H groups in total. The second-order valence-corrected chi connectivity index (χ2v) is 9.25. The zero-order valence-corrected chi connectivity index (χ0v) is 22.0. The van der Waals surface area contributed by atoms with Crippen LogP contribution >= 0.6 is 0 Å². The Balaban J connectivity index is 1.71. The van der Waals surface area contributed by atoms with Crippen LogP contribution in [-0.4, -0.2) is 77.2 Å². The van der Waals surface area contributed by atoms with E-state index in [1.807, 2.05) is 43.8 Å². The number of nitrogens with one attached hydrogen (secondary N) is 1. The molecule has 1 atom stereocenters. The van der Waals surface area contributed by atoms with Gasteiger partial charge in [0.15, 0.2) is 0 Å². The van der Waals surface area contributed by atoms with Gasteiger partial charge in [-0.15, -0.1) is 5.10 Å². The van der Waals surface area contributed by atoms with Crippen LogP contribution in [0, 0.1) is 6.92 Å². The number of hydrogen-bond acceptors (Lipinski definition) is 8. The normalized spacial score (nSPS) is 17.2. The second-order valence-electron chi connectivity index (χ2n) is 9.25. The summed E-state index contributed by atoms with van der Waals surface area (Å²) in [5.41, 5.74) is 5.98. The van der Waals surface area contributed by atoms with E-state index in [1.165, 1.54) is 0 Å². The van der Waals surface area contributed by atoms with E-state index in [9.17, 15) is 5.11 Å². The lowest BCUT2D eigenvalue weighted by Gasteiger charge is -2.25. The number of nitrogens with zero attached hydrogens (tertiary/aromatic N) is 7. The summed E-state index contributed by atoms with van der Waals surface area (Å²) < 4.78 is 16.0. The number of aryl methyl sites for hydroxylation is 2. The molecule has 0 aromatic carbocycles. The summed E-state index contributed by atoms with van der Waals surface area (Å²) in [7, 11) is 1.89. The third-order valence-corrected chi connectivity index (χ3v) is 6.62. The zero-order valence-electron chi connectivity index (χ0n) is 22.0. The summed E-state index contributed by atoms with van der Waals surface area (Å²) in [5.74, 6) is 1.23. The highest BCUT2D eigenvalue weighted by Crippen LogP contribution is 2.35. The molecule has 5 rings (SSSR count). The lowest BCUT2D eigenvalue weighted by molar-refractivity contribution is 0.133. The fourth-order valence-electron chi connectivity index (χ4n) is 4.88. The maximum Gasteiger partial charge on any atom is 0.240 e. The highest BCUT2D eigenvalue weighted by molar-refractivity contribution is 5.92. The van der Waals surface area contributed by atoms with Gasteiger partial charge in [-0.25, -0.2) is 4.68 Å². The molecule has 0 radical (unpaired) electrons. The summed E-state index contributed by atoms with van der Waals surface area (Å²) in [6.07, 6.45) is 5.65. The Morgan fingerprint density at radius 1 is 1.24 bits per heavy atom. The standard InChI is InChI=1S/C26H34N8O3/c1-6-33-14-16(3)37-26-24(17(4)30-32(26)5)21-12-19-20(28-29-22(19)13-27-21)9-8-18-23(15-33)34(10-11-35)31-25(18)36-7-2/h8-9,12-13,16,35H,6-7,10-11,14-15H2,1-5H3,(H,28,29)/b9-8+/t16-/m1/s1. The number of hydrogen-bond donors (Lipinski definition) is 2. The molecule has 0 aliphatic carbocycles. The summed E-state index contributed by atoms with van der Waals surface area (Å²) in [6.45, 7) is 11.1. The third kappa shape index (κ3) is 4.72. The number of aliphatic hydroxyl groups is 1. The molecule has 0 amide bonds. The van der Waals surface area contributed by atoms with Crippen molar-refractivity contribution >= 4 is 23.1 Å². The highest BCUT2D eigenvalue weighted by atomic mass is 16.5. The number of H-pyrrole nitrogens is 1. The van der Waals surface area contributed by atoms with Gasteiger partial charge in [-0.2, -0.15) is 10.2 Å². The fourth-order valence-corrected chi connectivity index (χ4v) is 4.88. The third-order valence-electron chi connectivity index (χ3n) is 6.62. The Bertz CT molecular complexity index is 1430. The van der Waals surface area contributed by atoms with E-state index >= 15 is 0 Å². The Kier molecular flexibility index (Phi) is 6.98. The van der Waals surface area contributed by atoms with Crippen molar-refractivity contribution in [3.05, 3.63) is 34.9 Å². The molecule has 5 heterocycles. The first kappa shape index (κ1) is 25.0. The molecule has 2 bridgehead atoms. The van der Waals surface area contributed by atoms with Gasteiger partial charge >= 0.3 is 0 Å². The smallest absolute Gasteiger partial charge is 0.240 e. The van der Waals surface area contributed by atoms with Crippen molar-refractivity contribution in [2.75, 3.05) is 26.3 Å². The molecule has 0 fully saturated rings. The van der Waals surface area contributed by atoms with Crippen molar-refractivity contribution in [3.8, 4) is 23.0 Å². The van der Waals surface area contributed by atoms with Gasteiger partial charge in [0.1, 0.15) is 6.10 Å². The average Bonchev–Trinajstić information content (AvgIpc) is 3.50. The number of rotatable bonds is 5. The van der Waals surface area contributed by atoms with E-state index in [4.69, 9.17) is 14.5 Å². The van der Waals surface area contributed by atoms with Crippen LogP contribution in [0.15, 0.2) is 12.3 Å². The monoisotopic (exact) mass is 506 g/mol. The first-order valence-corrected chi connectivity index (χ1v) is 12.7. The Hall–Kier alpha value is -3.70. The van der Waals surface area contributed by atoms with Gasteiger partial charge in [0.2, 0.25) is 11.8 Å². The van der Waals surface area contributed by atoms with Crippen LogP contribution in [0.1, 0.15) is 43.4 Å². The van der Waals surface area contributed by atoms with Gasteiger partial charge in [-0.05, 0) is 45.5 Å². The van der Waals surface area contributed by atoms with E-state index in [2.05, 4.69) is 39.1 Å². The van der Waals surface area contributed by atoms with Crippen LogP contribution < -0.4 is 9.47 Å². The summed E-state index contributed by atoms with van der Waals surface area (Å²) in [4.78, 5) is 7.01. The molecule has 1 aliphatic rings. The number of fused-ring (bicyclic) bond motifs is 4. The molecule has 0 saturated heterocycles. The Morgan fingerprint density at radius 2 is 2.08 bits per heavy atom. The van der Waals surface area contributed by atoms with E-state index in [1.54, 1.807) is 10.9 Å². The lowest BCUT2D eigenvalue weighted by atomic mass is 10.1. The zero-order chi connectivity index (χ0) is 26.1. The maximum atomic E-state index is 9.72. The van der Waals surface area contributed by atoms with Crippen molar-refractivity contribution in [1.82, 2.24) is 39.6 Å². The molecule has 11 nitrogen and oxygen atoms in total. The quantitative estimate of drug-likeness (QED) is 0.424. The van der Waals surface area contributed by atoms with E-state index in [0.717, 1.165) is 51.4 Å². The fraction of sp³-hybridized carbons (Fsp3) is 0.462. The van der Waals surface area contributed by atoms with E-state index in [0.29, 0.717) is 38.0 Å². The van der Waals surface area contributed by atoms with Crippen LogP contribution in [-0.2, 0) is 20.1 Å². The van der Waals surface area contributed by atoms with Crippen molar-refractivity contribution in [2.24, 2.45) is 7.05 Å². The van der Waals surface area contributed by atoms with Gasteiger partial charge in [-0.1, -0.05) is 6.92 Å². The molecule has 0 saturated carbocycles. The van der Waals surface area contributed by atoms with Gasteiger partial charge in [-0.3, -0.25) is 19.7 Å². The van der Waals surface area contributed by atoms with Crippen molar-refractivity contribution in [2.45, 2.75) is 46.9 Å². The minimum absolute atomic E-state index is 0.0164. The molecule has 0 unspecified atom stereocenters. The first-order chi connectivity index (χ1) is 17.9. The van der Waals surface area contributed by atoms with Gasteiger partial charge < -0.3 is 14.6 Å². The largest absolute Gasteiger partial charge is 0.476 e. The highest BCUT2D eigenvalue weighted by Gasteiger charge is 2.24. The second kappa shape index (κ2) is 10.3. The van der Waals surface area contributed by atoms with Crippen LogP contribution in [0.4, 0.5) is 0 Å². The molecule has 4 aromatic rings. The van der Waals surface area contributed by atoms with Gasteiger partial charge in [0, 0.05) is 25.5 Å². The summed E-state index contributed by atoms with van der Waals surface area (Å²) in [6, 6.07) is 2.03. The van der Waals surface area contributed by atoms with Crippen molar-refractivity contribution < 1.29 is 14.6 Å². The maximum absolute atomic E-state index is 9.72. The van der Waals surface area contributed by atoms with Gasteiger partial charge in [0.25, 0.3) is 0 Å². The Labute approximate surface area is 215 Å². The average molecular weight is 507 g/mol. The summed E-state index contributed by atoms with van der Waals surface area (Å²) >= 11 is 0. The topological polar surface area (TPSA) is 119 Å². The minimum Gasteiger partial charge on any atom is -0.476 e. The number of ether oxygens (including phenoxy) is 2. The molecule has 1 aliphatic heterocycles. The number of aromatic amines is 1. The summed E-state index contributed by atoms with van der Waals surface area (Å²) in [5, 5.41) is 27.6.